The van der Waals surface area contributed by atoms with Gasteiger partial charge in [0.15, 0.2) is 11.6 Å². The molecule has 19 heavy (non-hydrogen) atoms. The van der Waals surface area contributed by atoms with E-state index in [0.29, 0.717) is 11.5 Å². The van der Waals surface area contributed by atoms with Crippen molar-refractivity contribution in [3.05, 3.63) is 29.6 Å². The van der Waals surface area contributed by atoms with Crippen molar-refractivity contribution in [2.45, 2.75) is 31.7 Å². The highest BCUT2D eigenvalue weighted by Gasteiger charge is 2.40. The third-order valence-electron chi connectivity index (χ3n) is 4.47. The third kappa shape index (κ3) is 2.31. The van der Waals surface area contributed by atoms with Crippen LogP contribution in [0.1, 0.15) is 36.0 Å². The molecule has 0 aliphatic heterocycles. The number of benzene rings is 1. The number of ether oxygens (including phenoxy) is 1. The van der Waals surface area contributed by atoms with Crippen LogP contribution in [0.4, 0.5) is 4.39 Å². The second-order valence-corrected chi connectivity index (χ2v) is 5.60. The lowest BCUT2D eigenvalue weighted by Crippen LogP contribution is -2.38. The van der Waals surface area contributed by atoms with Crippen LogP contribution in [0.3, 0.4) is 0 Å². The molecule has 1 amide bonds. The van der Waals surface area contributed by atoms with E-state index in [-0.39, 0.29) is 17.7 Å². The largest absolute Gasteiger partial charge is 0.494 e. The molecule has 3 atom stereocenters. The molecule has 3 nitrogen and oxygen atoms in total. The van der Waals surface area contributed by atoms with Gasteiger partial charge in [-0.25, -0.2) is 4.39 Å². The Balaban J connectivity index is 1.69. The van der Waals surface area contributed by atoms with Gasteiger partial charge in [-0.3, -0.25) is 4.79 Å². The summed E-state index contributed by atoms with van der Waals surface area (Å²) < 4.78 is 18.4. The summed E-state index contributed by atoms with van der Waals surface area (Å²) in [5.41, 5.74) is 0.362. The topological polar surface area (TPSA) is 38.3 Å². The smallest absolute Gasteiger partial charge is 0.251 e. The first-order chi connectivity index (χ1) is 9.17. The third-order valence-corrected chi connectivity index (χ3v) is 4.47. The molecule has 2 aliphatic carbocycles. The number of amides is 1. The highest BCUT2D eigenvalue weighted by atomic mass is 19.1. The van der Waals surface area contributed by atoms with Crippen molar-refractivity contribution >= 4 is 5.91 Å². The Morgan fingerprint density at radius 1 is 1.37 bits per heavy atom. The molecule has 1 N–H and O–H groups in total. The normalized spacial score (nSPS) is 28.4. The minimum Gasteiger partial charge on any atom is -0.494 e. The van der Waals surface area contributed by atoms with Gasteiger partial charge in [0, 0.05) is 11.6 Å². The lowest BCUT2D eigenvalue weighted by atomic mass is 9.95. The molecule has 2 aliphatic rings. The lowest BCUT2D eigenvalue weighted by Gasteiger charge is -2.22. The van der Waals surface area contributed by atoms with Crippen LogP contribution in [0.15, 0.2) is 18.2 Å². The summed E-state index contributed by atoms with van der Waals surface area (Å²) in [6, 6.07) is 4.60. The summed E-state index contributed by atoms with van der Waals surface area (Å²) in [4.78, 5) is 12.1. The molecule has 0 saturated heterocycles. The van der Waals surface area contributed by atoms with Crippen LogP contribution in [0.5, 0.6) is 5.75 Å². The van der Waals surface area contributed by atoms with Crippen molar-refractivity contribution in [1.29, 1.82) is 0 Å². The van der Waals surface area contributed by atoms with Crippen molar-refractivity contribution in [2.24, 2.45) is 11.8 Å². The van der Waals surface area contributed by atoms with Gasteiger partial charge in [0.05, 0.1) is 7.11 Å². The summed E-state index contributed by atoms with van der Waals surface area (Å²) in [7, 11) is 1.41. The second-order valence-electron chi connectivity index (χ2n) is 5.60. The molecule has 2 saturated carbocycles. The van der Waals surface area contributed by atoms with Crippen LogP contribution in [-0.4, -0.2) is 19.1 Å². The molecule has 3 rings (SSSR count). The van der Waals surface area contributed by atoms with Crippen LogP contribution < -0.4 is 10.1 Å². The average Bonchev–Trinajstić information content (AvgIpc) is 3.00. The predicted molar refractivity (Wildman–Crippen MR) is 69.7 cm³/mol. The molecular formula is C15H18FNO2. The standard InChI is InChI=1S/C15H18FNO2/c1-19-14-5-4-11(8-12(14)16)15(18)17-13-7-9-2-3-10(13)6-9/h4-5,8-10,13H,2-3,6-7H2,1H3,(H,17,18)/t9-,10-,13+/m0/s1. The van der Waals surface area contributed by atoms with Crippen molar-refractivity contribution in [2.75, 3.05) is 7.11 Å². The summed E-state index contributed by atoms with van der Waals surface area (Å²) in [5.74, 6) is 0.888. The Morgan fingerprint density at radius 3 is 2.79 bits per heavy atom. The number of hydrogen-bond acceptors (Lipinski definition) is 2. The molecule has 0 spiro atoms. The number of methoxy groups -OCH3 is 1. The quantitative estimate of drug-likeness (QED) is 0.910. The van der Waals surface area contributed by atoms with Crippen molar-refractivity contribution in [3.63, 3.8) is 0 Å². The Morgan fingerprint density at radius 2 is 2.21 bits per heavy atom. The van der Waals surface area contributed by atoms with Gasteiger partial charge >= 0.3 is 0 Å². The highest BCUT2D eigenvalue weighted by Crippen LogP contribution is 2.44. The van der Waals surface area contributed by atoms with E-state index in [4.69, 9.17) is 4.74 Å². The molecule has 0 aromatic heterocycles. The minimum absolute atomic E-state index is 0.163. The fourth-order valence-corrected chi connectivity index (χ4v) is 3.48. The van der Waals surface area contributed by atoms with Gasteiger partial charge in [0.2, 0.25) is 0 Å². The van der Waals surface area contributed by atoms with E-state index in [0.717, 1.165) is 12.3 Å². The maximum absolute atomic E-state index is 13.6. The zero-order chi connectivity index (χ0) is 13.4. The Kier molecular flexibility index (Phi) is 3.17. The fourth-order valence-electron chi connectivity index (χ4n) is 3.48. The van der Waals surface area contributed by atoms with Gasteiger partial charge in [0.25, 0.3) is 5.91 Å². The van der Waals surface area contributed by atoms with E-state index in [1.54, 1.807) is 6.07 Å². The summed E-state index contributed by atoms with van der Waals surface area (Å²) in [5, 5.41) is 3.04. The average molecular weight is 263 g/mol. The van der Waals surface area contributed by atoms with Crippen LogP contribution in [0.2, 0.25) is 0 Å². The molecule has 0 radical (unpaired) electrons. The van der Waals surface area contributed by atoms with Crippen LogP contribution in [0.25, 0.3) is 0 Å². The van der Waals surface area contributed by atoms with E-state index >= 15 is 0 Å². The summed E-state index contributed by atoms with van der Waals surface area (Å²) in [6.07, 6.45) is 4.83. The van der Waals surface area contributed by atoms with Gasteiger partial charge < -0.3 is 10.1 Å². The summed E-state index contributed by atoms with van der Waals surface area (Å²) >= 11 is 0. The van der Waals surface area contributed by atoms with E-state index < -0.39 is 5.82 Å². The predicted octanol–water partition coefficient (Wildman–Crippen LogP) is 2.75. The highest BCUT2D eigenvalue weighted by molar-refractivity contribution is 5.94. The van der Waals surface area contributed by atoms with Crippen LogP contribution >= 0.6 is 0 Å². The minimum atomic E-state index is -0.497. The SMILES string of the molecule is COc1ccc(C(=O)N[C@@H]2C[C@H]3CC[C@H]2C3)cc1F. The Hall–Kier alpha value is -1.58. The van der Waals surface area contributed by atoms with Crippen molar-refractivity contribution in [3.8, 4) is 5.75 Å². The number of fused-ring (bicyclic) bond motifs is 2. The zero-order valence-electron chi connectivity index (χ0n) is 11.0. The molecule has 102 valence electrons. The van der Waals surface area contributed by atoms with Gasteiger partial charge in [-0.1, -0.05) is 6.42 Å². The molecule has 0 unspecified atom stereocenters. The molecule has 4 heteroatoms. The van der Waals surface area contributed by atoms with E-state index in [2.05, 4.69) is 5.32 Å². The number of hydrogen-bond donors (Lipinski definition) is 1. The Labute approximate surface area is 112 Å². The zero-order valence-corrected chi connectivity index (χ0v) is 11.0. The van der Waals surface area contributed by atoms with Crippen molar-refractivity contribution in [1.82, 2.24) is 5.32 Å². The van der Waals surface area contributed by atoms with Gasteiger partial charge in [-0.05, 0) is 49.3 Å². The number of carbonyl (C=O) groups is 1. The molecule has 1 aromatic carbocycles. The van der Waals surface area contributed by atoms with Gasteiger partial charge in [-0.2, -0.15) is 0 Å². The fraction of sp³-hybridized carbons (Fsp3) is 0.533. The number of rotatable bonds is 3. The molecule has 2 fully saturated rings. The maximum Gasteiger partial charge on any atom is 0.251 e. The Bertz CT molecular complexity index is 503. The molecular weight excluding hydrogens is 245 g/mol. The van der Waals surface area contributed by atoms with Crippen LogP contribution in [-0.2, 0) is 0 Å². The second kappa shape index (κ2) is 4.83. The molecule has 0 heterocycles. The van der Waals surface area contributed by atoms with Gasteiger partial charge in [-0.15, -0.1) is 0 Å². The van der Waals surface area contributed by atoms with Crippen LogP contribution in [0, 0.1) is 17.7 Å². The number of halogens is 1. The first-order valence-electron chi connectivity index (χ1n) is 6.82. The maximum atomic E-state index is 13.6. The number of carbonyl (C=O) groups excluding carboxylic acids is 1. The lowest BCUT2D eigenvalue weighted by molar-refractivity contribution is 0.0922. The molecule has 1 aromatic rings. The summed E-state index contributed by atoms with van der Waals surface area (Å²) in [6.45, 7) is 0. The van der Waals surface area contributed by atoms with E-state index in [1.807, 2.05) is 0 Å². The van der Waals surface area contributed by atoms with E-state index in [9.17, 15) is 9.18 Å². The van der Waals surface area contributed by atoms with Gasteiger partial charge in [0.1, 0.15) is 0 Å². The first kappa shape index (κ1) is 12.5. The monoisotopic (exact) mass is 263 g/mol. The molecule has 2 bridgehead atoms. The number of nitrogens with one attached hydrogen (secondary N) is 1. The first-order valence-corrected chi connectivity index (χ1v) is 6.82. The van der Waals surface area contributed by atoms with E-state index in [1.165, 1.54) is 38.5 Å². The van der Waals surface area contributed by atoms with Crippen molar-refractivity contribution < 1.29 is 13.9 Å².